The maximum atomic E-state index is 12.3. The zero-order chi connectivity index (χ0) is 16.8. The van der Waals surface area contributed by atoms with Gasteiger partial charge in [0.1, 0.15) is 0 Å². The smallest absolute Gasteiger partial charge is 0.225 e. The van der Waals surface area contributed by atoms with Crippen LogP contribution >= 0.6 is 0 Å². The molecule has 3 aliphatic rings. The topological polar surface area (TPSA) is 73.9 Å². The van der Waals surface area contributed by atoms with E-state index in [2.05, 4.69) is 15.5 Å². The Bertz CT molecular complexity index is 434. The third kappa shape index (κ3) is 4.91. The van der Waals surface area contributed by atoms with Gasteiger partial charge in [-0.1, -0.05) is 0 Å². The summed E-state index contributed by atoms with van der Waals surface area (Å²) < 4.78 is 5.34. The highest BCUT2D eigenvalue weighted by atomic mass is 16.5. The number of carbonyl (C=O) groups is 2. The number of rotatable bonds is 7. The summed E-state index contributed by atoms with van der Waals surface area (Å²) in [7, 11) is 0. The fourth-order valence-electron chi connectivity index (χ4n) is 3.76. The molecule has 0 radical (unpaired) electrons. The van der Waals surface area contributed by atoms with Gasteiger partial charge in [-0.05, 0) is 31.8 Å². The predicted octanol–water partition coefficient (Wildman–Crippen LogP) is -0.717. The monoisotopic (exact) mass is 338 g/mol. The van der Waals surface area contributed by atoms with Crippen molar-refractivity contribution >= 4 is 11.8 Å². The highest BCUT2D eigenvalue weighted by Gasteiger charge is 2.34. The molecule has 0 aliphatic carbocycles. The van der Waals surface area contributed by atoms with E-state index >= 15 is 0 Å². The summed E-state index contributed by atoms with van der Waals surface area (Å²) in [5.41, 5.74) is 0. The van der Waals surface area contributed by atoms with Crippen molar-refractivity contribution in [2.75, 3.05) is 65.6 Å². The number of morpholine rings is 1. The average molecular weight is 338 g/mol. The summed E-state index contributed by atoms with van der Waals surface area (Å²) in [5, 5.41) is 6.37. The highest BCUT2D eigenvalue weighted by molar-refractivity contribution is 5.89. The molecular weight excluding hydrogens is 308 g/mol. The second kappa shape index (κ2) is 8.78. The molecular formula is C17H30N4O3. The molecule has 0 bridgehead atoms. The van der Waals surface area contributed by atoms with Gasteiger partial charge in [0.05, 0.1) is 19.1 Å². The van der Waals surface area contributed by atoms with Crippen molar-refractivity contribution in [3.05, 3.63) is 0 Å². The van der Waals surface area contributed by atoms with Crippen LogP contribution in [-0.2, 0) is 14.3 Å². The SMILES string of the molecule is O=C(NCCC1CCNC1)C1CC(=O)N(CCN2CCOCC2)C1. The summed E-state index contributed by atoms with van der Waals surface area (Å²) in [6.07, 6.45) is 2.59. The number of nitrogens with zero attached hydrogens (tertiary/aromatic N) is 2. The molecule has 24 heavy (non-hydrogen) atoms. The van der Waals surface area contributed by atoms with Crippen LogP contribution in [0, 0.1) is 11.8 Å². The number of amides is 2. The molecule has 3 fully saturated rings. The minimum absolute atomic E-state index is 0.0446. The Hall–Kier alpha value is -1.18. The fraction of sp³-hybridized carbons (Fsp3) is 0.882. The molecule has 3 aliphatic heterocycles. The highest BCUT2D eigenvalue weighted by Crippen LogP contribution is 2.18. The van der Waals surface area contributed by atoms with E-state index in [1.807, 2.05) is 4.90 Å². The van der Waals surface area contributed by atoms with Crippen LogP contribution in [0.15, 0.2) is 0 Å². The molecule has 3 saturated heterocycles. The van der Waals surface area contributed by atoms with Crippen molar-refractivity contribution in [2.24, 2.45) is 11.8 Å². The Kier molecular flexibility index (Phi) is 6.45. The van der Waals surface area contributed by atoms with Crippen molar-refractivity contribution in [1.82, 2.24) is 20.4 Å². The first kappa shape index (κ1) is 17.6. The Balaban J connectivity index is 1.34. The third-order valence-corrected chi connectivity index (χ3v) is 5.39. The van der Waals surface area contributed by atoms with Crippen LogP contribution < -0.4 is 10.6 Å². The van der Waals surface area contributed by atoms with Crippen molar-refractivity contribution in [3.63, 3.8) is 0 Å². The molecule has 2 N–H and O–H groups in total. The molecule has 7 nitrogen and oxygen atoms in total. The van der Waals surface area contributed by atoms with Gasteiger partial charge in [-0.25, -0.2) is 0 Å². The second-order valence-electron chi connectivity index (χ2n) is 7.13. The zero-order valence-corrected chi connectivity index (χ0v) is 14.5. The fourth-order valence-corrected chi connectivity index (χ4v) is 3.76. The molecule has 0 spiro atoms. The van der Waals surface area contributed by atoms with Gasteiger partial charge in [0, 0.05) is 45.7 Å². The number of likely N-dealkylation sites (tertiary alicyclic amines) is 1. The van der Waals surface area contributed by atoms with E-state index in [0.29, 0.717) is 18.9 Å². The average Bonchev–Trinajstić information content (AvgIpc) is 3.24. The normalized spacial score (nSPS) is 28.5. The molecule has 0 aromatic heterocycles. The molecule has 0 aromatic rings. The summed E-state index contributed by atoms with van der Waals surface area (Å²) in [5.74, 6) is 0.663. The number of ether oxygens (including phenoxy) is 1. The Morgan fingerprint density at radius 1 is 1.29 bits per heavy atom. The Morgan fingerprint density at radius 2 is 2.12 bits per heavy atom. The lowest BCUT2D eigenvalue weighted by Crippen LogP contribution is -2.42. The van der Waals surface area contributed by atoms with Crippen molar-refractivity contribution < 1.29 is 14.3 Å². The largest absolute Gasteiger partial charge is 0.379 e. The van der Waals surface area contributed by atoms with E-state index in [1.54, 1.807) is 0 Å². The maximum absolute atomic E-state index is 12.3. The summed E-state index contributed by atoms with van der Waals surface area (Å²) in [6.45, 7) is 8.45. The van der Waals surface area contributed by atoms with E-state index in [4.69, 9.17) is 4.74 Å². The number of hydrogen-bond donors (Lipinski definition) is 2. The van der Waals surface area contributed by atoms with Crippen LogP contribution in [0.1, 0.15) is 19.3 Å². The summed E-state index contributed by atoms with van der Waals surface area (Å²) in [6, 6.07) is 0. The van der Waals surface area contributed by atoms with Crippen LogP contribution in [-0.4, -0.2) is 87.2 Å². The molecule has 2 atom stereocenters. The third-order valence-electron chi connectivity index (χ3n) is 5.39. The number of nitrogens with one attached hydrogen (secondary N) is 2. The van der Waals surface area contributed by atoms with Gasteiger partial charge in [-0.15, -0.1) is 0 Å². The first-order valence-electron chi connectivity index (χ1n) is 9.28. The lowest BCUT2D eigenvalue weighted by molar-refractivity contribution is -0.129. The van der Waals surface area contributed by atoms with Crippen LogP contribution in [0.4, 0.5) is 0 Å². The van der Waals surface area contributed by atoms with Crippen molar-refractivity contribution in [2.45, 2.75) is 19.3 Å². The first-order valence-corrected chi connectivity index (χ1v) is 9.28. The van der Waals surface area contributed by atoms with Gasteiger partial charge in [-0.3, -0.25) is 14.5 Å². The molecule has 3 rings (SSSR count). The van der Waals surface area contributed by atoms with Crippen molar-refractivity contribution in [3.8, 4) is 0 Å². The Morgan fingerprint density at radius 3 is 2.88 bits per heavy atom. The molecule has 0 saturated carbocycles. The predicted molar refractivity (Wildman–Crippen MR) is 90.5 cm³/mol. The minimum Gasteiger partial charge on any atom is -0.379 e. The van der Waals surface area contributed by atoms with Crippen LogP contribution in [0.25, 0.3) is 0 Å². The van der Waals surface area contributed by atoms with E-state index in [1.165, 1.54) is 6.42 Å². The van der Waals surface area contributed by atoms with Gasteiger partial charge in [-0.2, -0.15) is 0 Å². The molecule has 136 valence electrons. The zero-order valence-electron chi connectivity index (χ0n) is 14.5. The van der Waals surface area contributed by atoms with Crippen LogP contribution in [0.3, 0.4) is 0 Å². The van der Waals surface area contributed by atoms with Crippen molar-refractivity contribution in [1.29, 1.82) is 0 Å². The summed E-state index contributed by atoms with van der Waals surface area (Å²) >= 11 is 0. The van der Waals surface area contributed by atoms with E-state index < -0.39 is 0 Å². The van der Waals surface area contributed by atoms with Crippen LogP contribution in [0.5, 0.6) is 0 Å². The summed E-state index contributed by atoms with van der Waals surface area (Å²) in [4.78, 5) is 28.6. The maximum Gasteiger partial charge on any atom is 0.225 e. The molecule has 3 heterocycles. The van der Waals surface area contributed by atoms with Gasteiger partial charge < -0.3 is 20.3 Å². The van der Waals surface area contributed by atoms with Gasteiger partial charge in [0.25, 0.3) is 0 Å². The second-order valence-corrected chi connectivity index (χ2v) is 7.13. The Labute approximate surface area is 144 Å². The van der Waals surface area contributed by atoms with Crippen LogP contribution in [0.2, 0.25) is 0 Å². The van der Waals surface area contributed by atoms with Gasteiger partial charge in [0.15, 0.2) is 0 Å². The quantitative estimate of drug-likeness (QED) is 0.641. The van der Waals surface area contributed by atoms with E-state index in [9.17, 15) is 9.59 Å². The van der Waals surface area contributed by atoms with E-state index in [-0.39, 0.29) is 17.7 Å². The molecule has 0 aromatic carbocycles. The van der Waals surface area contributed by atoms with Gasteiger partial charge >= 0.3 is 0 Å². The lowest BCUT2D eigenvalue weighted by atomic mass is 10.0. The molecule has 2 unspecified atom stereocenters. The van der Waals surface area contributed by atoms with E-state index in [0.717, 1.165) is 65.4 Å². The van der Waals surface area contributed by atoms with Gasteiger partial charge in [0.2, 0.25) is 11.8 Å². The first-order chi connectivity index (χ1) is 11.7. The minimum atomic E-state index is -0.177. The standard InChI is InChI=1S/C17H30N4O3/c22-16-11-15(17(23)19-4-2-14-1-3-18-12-14)13-21(16)6-5-20-7-9-24-10-8-20/h14-15,18H,1-13H2,(H,19,23). The number of carbonyl (C=O) groups excluding carboxylic acids is 2. The number of hydrogen-bond acceptors (Lipinski definition) is 5. The molecule has 2 amide bonds. The molecule has 7 heteroatoms. The lowest BCUT2D eigenvalue weighted by Gasteiger charge is -2.28.